The third kappa shape index (κ3) is 2.84. The molecular weight excluding hydrogens is 280 g/mol. The van der Waals surface area contributed by atoms with Crippen molar-refractivity contribution in [3.63, 3.8) is 0 Å². The fourth-order valence-corrected chi connectivity index (χ4v) is 2.54. The van der Waals surface area contributed by atoms with Gasteiger partial charge in [-0.3, -0.25) is 4.68 Å². The number of rotatable bonds is 3. The Morgan fingerprint density at radius 1 is 1.27 bits per heavy atom. The molecule has 0 amide bonds. The van der Waals surface area contributed by atoms with E-state index in [0.717, 1.165) is 28.1 Å². The van der Waals surface area contributed by atoms with Crippen LogP contribution in [0.5, 0.6) is 5.75 Å². The first kappa shape index (κ1) is 16.1. The molecule has 0 saturated heterocycles. The summed E-state index contributed by atoms with van der Waals surface area (Å²) in [7, 11) is 3.39. The normalized spacial score (nSPS) is 11.5. The summed E-state index contributed by atoms with van der Waals surface area (Å²) in [5.41, 5.74) is 3.87. The summed E-state index contributed by atoms with van der Waals surface area (Å²) >= 11 is 0. The lowest BCUT2D eigenvalue weighted by Gasteiger charge is -2.24. The zero-order valence-electron chi connectivity index (χ0n) is 13.9. The molecule has 0 aliphatic rings. The summed E-state index contributed by atoms with van der Waals surface area (Å²) in [5.74, 6) is -0.232. The van der Waals surface area contributed by atoms with Gasteiger partial charge in [-0.05, 0) is 35.6 Å². The number of aromatic carboxylic acids is 1. The molecule has 0 saturated carbocycles. The molecule has 2 rings (SSSR count). The largest absolute Gasteiger partial charge is 0.496 e. The van der Waals surface area contributed by atoms with E-state index in [9.17, 15) is 4.79 Å². The molecule has 0 aliphatic carbocycles. The summed E-state index contributed by atoms with van der Waals surface area (Å²) in [6, 6.07) is 5.64. The number of hydrogen-bond donors (Lipinski definition) is 1. The van der Waals surface area contributed by atoms with Gasteiger partial charge < -0.3 is 9.84 Å². The molecule has 0 aliphatic heterocycles. The molecule has 1 aromatic carbocycles. The highest BCUT2D eigenvalue weighted by atomic mass is 16.5. The van der Waals surface area contributed by atoms with Gasteiger partial charge in [-0.25, -0.2) is 4.79 Å². The molecule has 0 atom stereocenters. The highest BCUT2D eigenvalue weighted by molar-refractivity contribution is 5.87. The van der Waals surface area contributed by atoms with Gasteiger partial charge in [0.05, 0.1) is 12.8 Å². The fraction of sp³-hybridized carbons (Fsp3) is 0.412. The standard InChI is InChI=1S/C17H22N2O3/c1-10-7-12(17(2,3)4)15(22-6)8-11(10)14-9-13(16(20)21)18-19(14)5/h7-9H,1-6H3,(H,20,21). The third-order valence-corrected chi connectivity index (χ3v) is 3.73. The maximum absolute atomic E-state index is 11.1. The Morgan fingerprint density at radius 3 is 2.36 bits per heavy atom. The molecule has 22 heavy (non-hydrogen) atoms. The van der Waals surface area contributed by atoms with Crippen molar-refractivity contribution >= 4 is 5.97 Å². The Balaban J connectivity index is 2.65. The zero-order valence-corrected chi connectivity index (χ0v) is 13.9. The van der Waals surface area contributed by atoms with Crippen LogP contribution in [0.25, 0.3) is 11.3 Å². The average Bonchev–Trinajstić information content (AvgIpc) is 2.79. The number of carboxylic acids is 1. The first-order valence-electron chi connectivity index (χ1n) is 7.12. The smallest absolute Gasteiger partial charge is 0.356 e. The van der Waals surface area contributed by atoms with Crippen molar-refractivity contribution in [1.29, 1.82) is 0 Å². The van der Waals surface area contributed by atoms with Crippen LogP contribution in [0.15, 0.2) is 18.2 Å². The zero-order chi connectivity index (χ0) is 16.7. The van der Waals surface area contributed by atoms with Gasteiger partial charge in [0.1, 0.15) is 5.75 Å². The molecule has 5 heteroatoms. The first-order valence-corrected chi connectivity index (χ1v) is 7.12. The maximum atomic E-state index is 11.1. The Labute approximate surface area is 130 Å². The third-order valence-electron chi connectivity index (χ3n) is 3.73. The lowest BCUT2D eigenvalue weighted by Crippen LogP contribution is -2.13. The molecule has 1 aromatic heterocycles. The Hall–Kier alpha value is -2.30. The molecule has 0 unspecified atom stereocenters. The van der Waals surface area contributed by atoms with Crippen LogP contribution in [0.3, 0.4) is 0 Å². The summed E-state index contributed by atoms with van der Waals surface area (Å²) in [6.45, 7) is 8.42. The number of aryl methyl sites for hydroxylation is 2. The Morgan fingerprint density at radius 2 is 1.91 bits per heavy atom. The lowest BCUT2D eigenvalue weighted by atomic mass is 9.84. The van der Waals surface area contributed by atoms with Gasteiger partial charge >= 0.3 is 5.97 Å². The van der Waals surface area contributed by atoms with Crippen LogP contribution in [-0.4, -0.2) is 28.0 Å². The van der Waals surface area contributed by atoms with Crippen LogP contribution in [0.1, 0.15) is 42.4 Å². The van der Waals surface area contributed by atoms with Crippen molar-refractivity contribution in [3.8, 4) is 17.0 Å². The molecular formula is C17H22N2O3. The maximum Gasteiger partial charge on any atom is 0.356 e. The number of aromatic nitrogens is 2. The van der Waals surface area contributed by atoms with E-state index in [2.05, 4.69) is 31.9 Å². The summed E-state index contributed by atoms with van der Waals surface area (Å²) in [6.07, 6.45) is 0. The van der Waals surface area contributed by atoms with Gasteiger partial charge in [0.25, 0.3) is 0 Å². The molecule has 5 nitrogen and oxygen atoms in total. The predicted molar refractivity (Wildman–Crippen MR) is 85.6 cm³/mol. The van der Waals surface area contributed by atoms with Gasteiger partial charge in [0.15, 0.2) is 5.69 Å². The van der Waals surface area contributed by atoms with Crippen molar-refractivity contribution in [2.75, 3.05) is 7.11 Å². The Kier molecular flexibility index (Phi) is 4.00. The predicted octanol–water partition coefficient (Wildman–Crippen LogP) is 3.40. The minimum Gasteiger partial charge on any atom is -0.496 e. The molecule has 118 valence electrons. The van der Waals surface area contributed by atoms with Crippen LogP contribution in [0, 0.1) is 6.92 Å². The number of hydrogen-bond acceptors (Lipinski definition) is 3. The first-order chi connectivity index (χ1) is 10.1. The summed E-state index contributed by atoms with van der Waals surface area (Å²) in [4.78, 5) is 11.1. The lowest BCUT2D eigenvalue weighted by molar-refractivity contribution is 0.0689. The van der Waals surface area contributed by atoms with Crippen LogP contribution in [0.2, 0.25) is 0 Å². The van der Waals surface area contributed by atoms with Crippen molar-refractivity contribution in [2.45, 2.75) is 33.1 Å². The Bertz CT molecular complexity index is 724. The number of carbonyl (C=O) groups is 1. The molecule has 1 heterocycles. The highest BCUT2D eigenvalue weighted by Gasteiger charge is 2.22. The number of benzene rings is 1. The van der Waals surface area contributed by atoms with E-state index in [1.165, 1.54) is 0 Å². The van der Waals surface area contributed by atoms with Gasteiger partial charge in [0, 0.05) is 12.6 Å². The van der Waals surface area contributed by atoms with Gasteiger partial charge in [-0.1, -0.05) is 26.8 Å². The summed E-state index contributed by atoms with van der Waals surface area (Å²) < 4.78 is 7.12. The van der Waals surface area contributed by atoms with Crippen LogP contribution in [0.4, 0.5) is 0 Å². The minimum absolute atomic E-state index is 0.0344. The van der Waals surface area contributed by atoms with E-state index in [4.69, 9.17) is 9.84 Å². The van der Waals surface area contributed by atoms with Crippen molar-refractivity contribution in [3.05, 3.63) is 35.0 Å². The van der Waals surface area contributed by atoms with E-state index < -0.39 is 5.97 Å². The monoisotopic (exact) mass is 302 g/mol. The van der Waals surface area contributed by atoms with Gasteiger partial charge in [-0.2, -0.15) is 5.10 Å². The number of ether oxygens (including phenoxy) is 1. The van der Waals surface area contributed by atoms with E-state index >= 15 is 0 Å². The van der Waals surface area contributed by atoms with E-state index in [0.29, 0.717) is 0 Å². The topological polar surface area (TPSA) is 64.3 Å². The minimum atomic E-state index is -1.03. The highest BCUT2D eigenvalue weighted by Crippen LogP contribution is 2.37. The number of nitrogens with zero attached hydrogens (tertiary/aromatic N) is 2. The van der Waals surface area contributed by atoms with E-state index in [-0.39, 0.29) is 11.1 Å². The van der Waals surface area contributed by atoms with Gasteiger partial charge in [-0.15, -0.1) is 0 Å². The van der Waals surface area contributed by atoms with E-state index in [1.807, 2.05) is 13.0 Å². The van der Waals surface area contributed by atoms with Crippen LogP contribution >= 0.6 is 0 Å². The quantitative estimate of drug-likeness (QED) is 0.943. The van der Waals surface area contributed by atoms with Crippen molar-refractivity contribution in [2.24, 2.45) is 7.05 Å². The average molecular weight is 302 g/mol. The van der Waals surface area contributed by atoms with Crippen LogP contribution < -0.4 is 4.74 Å². The molecule has 0 radical (unpaired) electrons. The molecule has 2 aromatic rings. The second-order valence-electron chi connectivity index (χ2n) is 6.46. The number of methoxy groups -OCH3 is 1. The SMILES string of the molecule is COc1cc(-c2cc(C(=O)O)nn2C)c(C)cc1C(C)(C)C. The molecule has 0 fully saturated rings. The van der Waals surface area contributed by atoms with Crippen LogP contribution in [-0.2, 0) is 12.5 Å². The fourth-order valence-electron chi connectivity index (χ4n) is 2.54. The molecule has 0 bridgehead atoms. The molecule has 0 spiro atoms. The van der Waals surface area contributed by atoms with Crippen molar-refractivity contribution in [1.82, 2.24) is 9.78 Å². The molecule has 1 N–H and O–H groups in total. The number of carboxylic acid groups (broad SMARTS) is 1. The van der Waals surface area contributed by atoms with Crippen molar-refractivity contribution < 1.29 is 14.6 Å². The second-order valence-corrected chi connectivity index (χ2v) is 6.46. The second kappa shape index (κ2) is 5.48. The summed E-state index contributed by atoms with van der Waals surface area (Å²) in [5, 5.41) is 13.1. The van der Waals surface area contributed by atoms with E-state index in [1.54, 1.807) is 24.9 Å². The van der Waals surface area contributed by atoms with Gasteiger partial charge in [0.2, 0.25) is 0 Å².